The first-order valence-electron chi connectivity index (χ1n) is 7.97. The molecule has 4 aliphatic rings. The van der Waals surface area contributed by atoms with Crippen molar-refractivity contribution in [1.82, 2.24) is 5.16 Å². The number of halogens is 2. The van der Waals surface area contributed by atoms with Crippen LogP contribution >= 0.6 is 0 Å². The Morgan fingerprint density at radius 3 is 2.88 bits per heavy atom. The summed E-state index contributed by atoms with van der Waals surface area (Å²) in [4.78, 5) is 25.7. The number of allylic oxidation sites excluding steroid dienone is 4. The number of nitrogens with zero attached hydrogens (tertiary/aromatic N) is 2. The van der Waals surface area contributed by atoms with Crippen molar-refractivity contribution in [3.8, 4) is 0 Å². The predicted octanol–water partition coefficient (Wildman–Crippen LogP) is 2.55. The van der Waals surface area contributed by atoms with Gasteiger partial charge in [-0.2, -0.15) is 4.39 Å². The zero-order valence-electron chi connectivity index (χ0n) is 13.1. The lowest BCUT2D eigenvalue weighted by Gasteiger charge is -2.46. The number of hydrogen-bond donors (Lipinski definition) is 0. The number of anilines is 1. The smallest absolute Gasteiger partial charge is 0.265 e. The average molecular weight is 346 g/mol. The fourth-order valence-electron chi connectivity index (χ4n) is 3.99. The van der Waals surface area contributed by atoms with Crippen LogP contribution in [0.1, 0.15) is 24.1 Å². The molecule has 0 aromatic carbocycles. The van der Waals surface area contributed by atoms with Crippen molar-refractivity contribution in [2.75, 3.05) is 4.90 Å². The number of ketones is 2. The van der Waals surface area contributed by atoms with Gasteiger partial charge in [0.2, 0.25) is 11.7 Å². The second kappa shape index (κ2) is 4.65. The van der Waals surface area contributed by atoms with Crippen LogP contribution < -0.4 is 4.90 Å². The monoisotopic (exact) mass is 346 g/mol. The number of aromatic nitrogens is 1. The number of carbonyl (C=O) groups excluding carboxylic acids is 2. The van der Waals surface area contributed by atoms with E-state index in [-0.39, 0.29) is 30.3 Å². The molecule has 0 fully saturated rings. The highest BCUT2D eigenvalue weighted by molar-refractivity contribution is 6.44. The van der Waals surface area contributed by atoms with Crippen molar-refractivity contribution in [3.63, 3.8) is 0 Å². The zero-order valence-corrected chi connectivity index (χ0v) is 13.1. The summed E-state index contributed by atoms with van der Waals surface area (Å²) in [5.41, 5.74) is 1.90. The van der Waals surface area contributed by atoms with Gasteiger partial charge < -0.3 is 9.26 Å². The molecule has 1 aromatic heterocycles. The van der Waals surface area contributed by atoms with E-state index >= 15 is 0 Å². The van der Waals surface area contributed by atoms with Crippen LogP contribution in [0.4, 0.5) is 14.7 Å². The molecule has 0 spiro atoms. The standard InChI is InChI=1S/C17H12F2N2O4/c1-6-8-4-7-5-9(18)12(19)16-13(7)21(17(8)25-20-6)10-2-3-11(22)14(23)15(10)24-16/h5,7,13H,2-4H2,1H3. The number of rotatable bonds is 0. The van der Waals surface area contributed by atoms with Crippen LogP contribution in [0, 0.1) is 12.8 Å². The van der Waals surface area contributed by atoms with Crippen molar-refractivity contribution in [2.24, 2.45) is 5.92 Å². The van der Waals surface area contributed by atoms with Gasteiger partial charge in [-0.05, 0) is 25.8 Å². The van der Waals surface area contributed by atoms with Crippen LogP contribution in [0.2, 0.25) is 0 Å². The summed E-state index contributed by atoms with van der Waals surface area (Å²) in [5.74, 6) is -4.11. The third-order valence-electron chi connectivity index (χ3n) is 5.17. The number of hydrogen-bond acceptors (Lipinski definition) is 6. The number of carbonyl (C=O) groups is 2. The van der Waals surface area contributed by atoms with Gasteiger partial charge in [-0.3, -0.25) is 14.5 Å². The molecule has 128 valence electrons. The Morgan fingerprint density at radius 2 is 2.08 bits per heavy atom. The van der Waals surface area contributed by atoms with Gasteiger partial charge in [0.25, 0.3) is 5.78 Å². The zero-order chi connectivity index (χ0) is 17.5. The number of aryl methyl sites for hydroxylation is 1. The Morgan fingerprint density at radius 1 is 1.28 bits per heavy atom. The van der Waals surface area contributed by atoms with E-state index in [0.717, 1.165) is 5.56 Å². The first-order valence-corrected chi connectivity index (χ1v) is 7.97. The fraction of sp³-hybridized carbons (Fsp3) is 0.353. The molecule has 8 heteroatoms. The summed E-state index contributed by atoms with van der Waals surface area (Å²) in [5, 5.41) is 3.96. The van der Waals surface area contributed by atoms with Crippen molar-refractivity contribution in [1.29, 1.82) is 0 Å². The van der Waals surface area contributed by atoms with E-state index in [4.69, 9.17) is 9.26 Å². The van der Waals surface area contributed by atoms with E-state index in [1.165, 1.54) is 6.08 Å². The van der Waals surface area contributed by atoms with E-state index in [1.807, 2.05) is 0 Å². The molecule has 1 aromatic rings. The normalized spacial score (nSPS) is 27.6. The van der Waals surface area contributed by atoms with Crippen LogP contribution in [-0.4, -0.2) is 22.8 Å². The Kier molecular flexibility index (Phi) is 2.71. The molecule has 0 saturated carbocycles. The molecule has 0 amide bonds. The van der Waals surface area contributed by atoms with Crippen LogP contribution in [0.3, 0.4) is 0 Å². The number of fused-ring (bicyclic) bond motifs is 3. The van der Waals surface area contributed by atoms with Crippen molar-refractivity contribution in [2.45, 2.75) is 32.2 Å². The van der Waals surface area contributed by atoms with Crippen LogP contribution in [0.15, 0.2) is 39.5 Å². The SMILES string of the molecule is Cc1noc2c1CC1C=C(F)C(F)=C3OC4=C(CCC(=O)C4=O)N2C31. The first-order chi connectivity index (χ1) is 12.0. The summed E-state index contributed by atoms with van der Waals surface area (Å²) in [6.07, 6.45) is 1.97. The quantitative estimate of drug-likeness (QED) is 0.672. The second-order valence-electron chi connectivity index (χ2n) is 6.56. The molecular weight excluding hydrogens is 334 g/mol. The maximum atomic E-state index is 14.4. The van der Waals surface area contributed by atoms with Crippen LogP contribution in [0.25, 0.3) is 0 Å². The number of ether oxygens (including phenoxy) is 1. The lowest BCUT2D eigenvalue weighted by Crippen LogP contribution is -2.52. The summed E-state index contributed by atoms with van der Waals surface area (Å²) in [6.45, 7) is 1.77. The third kappa shape index (κ3) is 1.74. The highest BCUT2D eigenvalue weighted by Gasteiger charge is 2.52. The largest absolute Gasteiger partial charge is 0.450 e. The molecule has 2 atom stereocenters. The Balaban J connectivity index is 1.80. The van der Waals surface area contributed by atoms with E-state index in [9.17, 15) is 18.4 Å². The molecule has 2 aliphatic carbocycles. The van der Waals surface area contributed by atoms with E-state index in [0.29, 0.717) is 23.7 Å². The molecule has 0 saturated heterocycles. The molecule has 3 heterocycles. The average Bonchev–Trinajstić information content (AvgIpc) is 2.96. The van der Waals surface area contributed by atoms with Crippen LogP contribution in [0.5, 0.6) is 0 Å². The van der Waals surface area contributed by atoms with Crippen molar-refractivity contribution < 1.29 is 27.6 Å². The Bertz CT molecular complexity index is 956. The third-order valence-corrected chi connectivity index (χ3v) is 5.17. The Hall–Kier alpha value is -2.77. The molecule has 0 radical (unpaired) electrons. The minimum atomic E-state index is -1.15. The number of Topliss-reactive ketones (excluding diaryl/α,β-unsaturated/α-hetero) is 2. The van der Waals surface area contributed by atoms with Gasteiger partial charge in [0, 0.05) is 17.9 Å². The summed E-state index contributed by atoms with van der Waals surface area (Å²) < 4.78 is 39.3. The van der Waals surface area contributed by atoms with Crippen molar-refractivity contribution in [3.05, 3.63) is 46.2 Å². The van der Waals surface area contributed by atoms with Crippen molar-refractivity contribution >= 4 is 17.5 Å². The van der Waals surface area contributed by atoms with Crippen LogP contribution in [-0.2, 0) is 20.7 Å². The summed E-state index contributed by atoms with van der Waals surface area (Å²) >= 11 is 0. The topological polar surface area (TPSA) is 72.6 Å². The van der Waals surface area contributed by atoms with E-state index in [1.54, 1.807) is 11.8 Å². The highest BCUT2D eigenvalue weighted by Crippen LogP contribution is 2.50. The molecule has 0 bridgehead atoms. The van der Waals surface area contributed by atoms with Gasteiger partial charge in [0.05, 0.1) is 11.4 Å². The maximum Gasteiger partial charge on any atom is 0.265 e. The van der Waals surface area contributed by atoms with E-state index in [2.05, 4.69) is 5.16 Å². The molecule has 0 N–H and O–H groups in total. The molecule has 6 nitrogen and oxygen atoms in total. The second-order valence-corrected chi connectivity index (χ2v) is 6.56. The first kappa shape index (κ1) is 14.6. The van der Waals surface area contributed by atoms with Gasteiger partial charge in [0.15, 0.2) is 23.2 Å². The highest BCUT2D eigenvalue weighted by atomic mass is 19.2. The lowest BCUT2D eigenvalue weighted by atomic mass is 9.80. The van der Waals surface area contributed by atoms with Gasteiger partial charge in [-0.15, -0.1) is 0 Å². The van der Waals surface area contributed by atoms with Gasteiger partial charge in [-0.25, -0.2) is 4.39 Å². The predicted molar refractivity (Wildman–Crippen MR) is 79.4 cm³/mol. The lowest BCUT2D eigenvalue weighted by molar-refractivity contribution is -0.137. The molecule has 5 rings (SSSR count). The van der Waals surface area contributed by atoms with Gasteiger partial charge >= 0.3 is 0 Å². The molecular formula is C17H12F2N2O4. The van der Waals surface area contributed by atoms with Gasteiger partial charge in [-0.1, -0.05) is 5.16 Å². The summed E-state index contributed by atoms with van der Waals surface area (Å²) in [7, 11) is 0. The fourth-order valence-corrected chi connectivity index (χ4v) is 3.99. The van der Waals surface area contributed by atoms with Gasteiger partial charge in [0.1, 0.15) is 6.04 Å². The molecule has 2 aliphatic heterocycles. The molecule has 25 heavy (non-hydrogen) atoms. The minimum absolute atomic E-state index is 0.0447. The summed E-state index contributed by atoms with van der Waals surface area (Å²) in [6, 6.07) is -0.654. The minimum Gasteiger partial charge on any atom is -0.450 e. The van der Waals surface area contributed by atoms with E-state index < -0.39 is 29.3 Å². The maximum absolute atomic E-state index is 14.4. The molecule has 2 unspecified atom stereocenters. The Labute approximate surface area is 140 Å².